The first-order valence-corrected chi connectivity index (χ1v) is 7.62. The average molecular weight is 331 g/mol. The Morgan fingerprint density at radius 1 is 1.25 bits per heavy atom. The Morgan fingerprint density at radius 2 is 2.00 bits per heavy atom. The van der Waals surface area contributed by atoms with Crippen molar-refractivity contribution in [3.8, 4) is 5.75 Å². The number of carbonyl (C=O) groups is 1. The van der Waals surface area contributed by atoms with Crippen LogP contribution in [-0.4, -0.2) is 43.2 Å². The Hall–Kier alpha value is -2.67. The predicted molar refractivity (Wildman–Crippen MR) is 89.5 cm³/mol. The van der Waals surface area contributed by atoms with E-state index in [0.717, 1.165) is 11.3 Å². The number of carbonyl (C=O) groups excluding carboxylic acids is 1. The highest BCUT2D eigenvalue weighted by molar-refractivity contribution is 5.92. The molecule has 2 aromatic rings. The van der Waals surface area contributed by atoms with Crippen molar-refractivity contribution < 1.29 is 14.3 Å². The van der Waals surface area contributed by atoms with Gasteiger partial charge in [-0.15, -0.1) is 0 Å². The van der Waals surface area contributed by atoms with Gasteiger partial charge in [-0.3, -0.25) is 9.59 Å². The van der Waals surface area contributed by atoms with Gasteiger partial charge in [0.1, 0.15) is 17.3 Å². The molecule has 7 nitrogen and oxygen atoms in total. The van der Waals surface area contributed by atoms with Crippen molar-refractivity contribution in [1.82, 2.24) is 15.3 Å². The normalized spacial score (nSPS) is 10.4. The molecule has 7 heteroatoms. The number of benzene rings is 1. The van der Waals surface area contributed by atoms with Crippen LogP contribution < -0.4 is 15.6 Å². The van der Waals surface area contributed by atoms with E-state index in [4.69, 9.17) is 9.47 Å². The molecule has 0 aliphatic carbocycles. The Balaban J connectivity index is 2.06. The molecular formula is C17H21N3O4. The molecule has 0 radical (unpaired) electrons. The number of aromatic nitrogens is 2. The molecule has 2 N–H and O–H groups in total. The number of hydrogen-bond donors (Lipinski definition) is 2. The van der Waals surface area contributed by atoms with E-state index < -0.39 is 0 Å². The summed E-state index contributed by atoms with van der Waals surface area (Å²) in [5.41, 5.74) is 0.715. The van der Waals surface area contributed by atoms with Crippen LogP contribution in [0.15, 0.2) is 35.1 Å². The summed E-state index contributed by atoms with van der Waals surface area (Å²) in [5.74, 6) is 0.826. The van der Waals surface area contributed by atoms with Crippen LogP contribution in [-0.2, 0) is 11.2 Å². The topological polar surface area (TPSA) is 93.3 Å². The molecule has 0 saturated heterocycles. The van der Waals surface area contributed by atoms with Gasteiger partial charge < -0.3 is 19.8 Å². The molecule has 0 unspecified atom stereocenters. The second-order valence-electron chi connectivity index (χ2n) is 5.20. The van der Waals surface area contributed by atoms with E-state index in [2.05, 4.69) is 15.3 Å². The largest absolute Gasteiger partial charge is 0.497 e. The third-order valence-corrected chi connectivity index (χ3v) is 3.36. The van der Waals surface area contributed by atoms with Crippen molar-refractivity contribution in [2.45, 2.75) is 12.8 Å². The molecule has 0 aliphatic rings. The van der Waals surface area contributed by atoms with E-state index >= 15 is 0 Å². The summed E-state index contributed by atoms with van der Waals surface area (Å²) in [6.07, 6.45) is 1.12. The lowest BCUT2D eigenvalue weighted by Crippen LogP contribution is -2.28. The number of nitrogens with one attached hydrogen (secondary N) is 2. The molecule has 0 fully saturated rings. The minimum Gasteiger partial charge on any atom is -0.497 e. The Kier molecular flexibility index (Phi) is 6.51. The van der Waals surface area contributed by atoms with Crippen molar-refractivity contribution in [2.24, 2.45) is 0 Å². The smallest absolute Gasteiger partial charge is 0.270 e. The molecular weight excluding hydrogens is 310 g/mol. The third kappa shape index (κ3) is 5.20. The molecule has 1 heterocycles. The van der Waals surface area contributed by atoms with Gasteiger partial charge in [-0.25, -0.2) is 4.98 Å². The Labute approximate surface area is 140 Å². The maximum absolute atomic E-state index is 12.1. The van der Waals surface area contributed by atoms with Gasteiger partial charge in [0.15, 0.2) is 0 Å². The molecule has 2 rings (SSSR count). The second-order valence-corrected chi connectivity index (χ2v) is 5.20. The molecule has 1 amide bonds. The standard InChI is InChI=1S/C17H21N3O4/c1-23-9-3-8-18-17(22)14-11-16(21)20-15(19-14)10-12-4-6-13(24-2)7-5-12/h4-7,11H,3,8-10H2,1-2H3,(H,18,22)(H,19,20,21). The lowest BCUT2D eigenvalue weighted by atomic mass is 10.1. The van der Waals surface area contributed by atoms with E-state index in [-0.39, 0.29) is 17.2 Å². The zero-order valence-electron chi connectivity index (χ0n) is 13.8. The van der Waals surface area contributed by atoms with Crippen LogP contribution in [0.2, 0.25) is 0 Å². The SMILES string of the molecule is COCCCNC(=O)c1cc(=O)[nH]c(Cc2ccc(OC)cc2)n1. The summed E-state index contributed by atoms with van der Waals surface area (Å²) in [5, 5.41) is 2.72. The number of hydrogen-bond acceptors (Lipinski definition) is 5. The van der Waals surface area contributed by atoms with Crippen LogP contribution in [0.1, 0.15) is 28.3 Å². The molecule has 0 saturated carbocycles. The fourth-order valence-corrected chi connectivity index (χ4v) is 2.15. The molecule has 1 aromatic carbocycles. The number of rotatable bonds is 8. The molecule has 0 aliphatic heterocycles. The first-order valence-electron chi connectivity index (χ1n) is 7.62. The van der Waals surface area contributed by atoms with Gasteiger partial charge in [-0.2, -0.15) is 0 Å². The summed E-state index contributed by atoms with van der Waals surface area (Å²) >= 11 is 0. The van der Waals surface area contributed by atoms with Crippen LogP contribution >= 0.6 is 0 Å². The highest BCUT2D eigenvalue weighted by atomic mass is 16.5. The third-order valence-electron chi connectivity index (χ3n) is 3.36. The molecule has 128 valence electrons. The van der Waals surface area contributed by atoms with Gasteiger partial charge in [-0.05, 0) is 24.1 Å². The molecule has 0 atom stereocenters. The number of ether oxygens (including phenoxy) is 2. The number of H-pyrrole nitrogens is 1. The van der Waals surface area contributed by atoms with E-state index in [1.54, 1.807) is 14.2 Å². The van der Waals surface area contributed by atoms with Crippen molar-refractivity contribution in [2.75, 3.05) is 27.4 Å². The fourth-order valence-electron chi connectivity index (χ4n) is 2.15. The zero-order valence-corrected chi connectivity index (χ0v) is 13.8. The van der Waals surface area contributed by atoms with Gasteiger partial charge >= 0.3 is 0 Å². The summed E-state index contributed by atoms with van der Waals surface area (Å²) in [4.78, 5) is 30.7. The second kappa shape index (κ2) is 8.83. The molecule has 1 aromatic heterocycles. The van der Waals surface area contributed by atoms with Crippen LogP contribution in [0.4, 0.5) is 0 Å². The van der Waals surface area contributed by atoms with Gasteiger partial charge in [0.05, 0.1) is 7.11 Å². The van der Waals surface area contributed by atoms with Crippen molar-refractivity contribution in [3.63, 3.8) is 0 Å². The van der Waals surface area contributed by atoms with E-state index in [0.29, 0.717) is 31.8 Å². The summed E-state index contributed by atoms with van der Waals surface area (Å²) < 4.78 is 10.0. The maximum atomic E-state index is 12.1. The predicted octanol–water partition coefficient (Wildman–Crippen LogP) is 1.14. The summed E-state index contributed by atoms with van der Waals surface area (Å²) in [6.45, 7) is 1.03. The summed E-state index contributed by atoms with van der Waals surface area (Å²) in [7, 11) is 3.20. The Morgan fingerprint density at radius 3 is 2.67 bits per heavy atom. The highest BCUT2D eigenvalue weighted by Crippen LogP contribution is 2.13. The van der Waals surface area contributed by atoms with Crippen LogP contribution in [0.25, 0.3) is 0 Å². The van der Waals surface area contributed by atoms with Gasteiger partial charge in [0.2, 0.25) is 0 Å². The number of amides is 1. The molecule has 0 bridgehead atoms. The maximum Gasteiger partial charge on any atom is 0.270 e. The fraction of sp³-hybridized carbons (Fsp3) is 0.353. The van der Waals surface area contributed by atoms with Crippen LogP contribution in [0.3, 0.4) is 0 Å². The first kappa shape index (κ1) is 17.7. The highest BCUT2D eigenvalue weighted by Gasteiger charge is 2.10. The van der Waals surface area contributed by atoms with E-state index in [1.165, 1.54) is 6.07 Å². The number of nitrogens with zero attached hydrogens (tertiary/aromatic N) is 1. The van der Waals surface area contributed by atoms with Crippen LogP contribution in [0.5, 0.6) is 5.75 Å². The average Bonchev–Trinajstić information content (AvgIpc) is 2.58. The monoisotopic (exact) mass is 331 g/mol. The van der Waals surface area contributed by atoms with Crippen molar-refractivity contribution in [3.05, 3.63) is 57.8 Å². The first-order chi connectivity index (χ1) is 11.6. The minimum absolute atomic E-state index is 0.111. The minimum atomic E-state index is -0.367. The van der Waals surface area contributed by atoms with Gasteiger partial charge in [0, 0.05) is 32.7 Å². The van der Waals surface area contributed by atoms with Crippen LogP contribution in [0, 0.1) is 0 Å². The quantitative estimate of drug-likeness (QED) is 0.708. The number of aromatic amines is 1. The van der Waals surface area contributed by atoms with Gasteiger partial charge in [-0.1, -0.05) is 12.1 Å². The Bertz CT molecular complexity index is 725. The molecule has 0 spiro atoms. The number of methoxy groups -OCH3 is 2. The van der Waals surface area contributed by atoms with Gasteiger partial charge in [0.25, 0.3) is 11.5 Å². The molecule has 24 heavy (non-hydrogen) atoms. The summed E-state index contributed by atoms with van der Waals surface area (Å²) in [6, 6.07) is 8.63. The lowest BCUT2D eigenvalue weighted by Gasteiger charge is -2.07. The lowest BCUT2D eigenvalue weighted by molar-refractivity contribution is 0.0943. The van der Waals surface area contributed by atoms with Crippen molar-refractivity contribution >= 4 is 5.91 Å². The van der Waals surface area contributed by atoms with Crippen molar-refractivity contribution in [1.29, 1.82) is 0 Å². The zero-order chi connectivity index (χ0) is 17.4. The van der Waals surface area contributed by atoms with E-state index in [9.17, 15) is 9.59 Å². The van der Waals surface area contributed by atoms with E-state index in [1.807, 2.05) is 24.3 Å².